The molecule has 0 saturated heterocycles. The van der Waals surface area contributed by atoms with Gasteiger partial charge in [0.1, 0.15) is 0 Å². The minimum absolute atomic E-state index is 0.0664. The Morgan fingerprint density at radius 2 is 1.00 bits per heavy atom. The Bertz CT molecular complexity index is 805. The van der Waals surface area contributed by atoms with E-state index in [0.29, 0.717) is 5.92 Å². The standard InChI is InChI=1S/C27H30/c1-21-13-17-25(18-14-21)27(23-9-5-3-6-10-23,24-11-7-4-8-12-24)26-19-15-22(2)16-20-26/h3,5-6,9-10,13-20,24H,4,7-8,11-12H2,1-2H3. The molecule has 4 rings (SSSR count). The normalized spacial score (nSPS) is 15.6. The molecule has 3 aromatic rings. The lowest BCUT2D eigenvalue weighted by atomic mass is 9.58. The number of rotatable bonds is 4. The molecule has 0 unspecified atom stereocenters. The van der Waals surface area contributed by atoms with Crippen LogP contribution in [0.15, 0.2) is 78.9 Å². The molecule has 1 fully saturated rings. The van der Waals surface area contributed by atoms with Crippen LogP contribution >= 0.6 is 0 Å². The molecule has 0 heteroatoms. The predicted molar refractivity (Wildman–Crippen MR) is 115 cm³/mol. The van der Waals surface area contributed by atoms with Crippen molar-refractivity contribution in [3.63, 3.8) is 0 Å². The average molecular weight is 355 g/mol. The first-order valence-corrected chi connectivity index (χ1v) is 10.4. The second-order valence-electron chi connectivity index (χ2n) is 8.24. The zero-order chi connectivity index (χ0) is 18.7. The fourth-order valence-corrected chi connectivity index (χ4v) is 5.08. The molecule has 0 heterocycles. The third-order valence-corrected chi connectivity index (χ3v) is 6.46. The lowest BCUT2D eigenvalue weighted by Gasteiger charge is -2.44. The van der Waals surface area contributed by atoms with E-state index >= 15 is 0 Å². The van der Waals surface area contributed by atoms with Gasteiger partial charge in [-0.2, -0.15) is 0 Å². The average Bonchev–Trinajstić information content (AvgIpc) is 2.73. The van der Waals surface area contributed by atoms with E-state index in [2.05, 4.69) is 92.7 Å². The Labute approximate surface area is 164 Å². The van der Waals surface area contributed by atoms with Crippen molar-refractivity contribution in [1.29, 1.82) is 0 Å². The minimum atomic E-state index is -0.0664. The van der Waals surface area contributed by atoms with Crippen LogP contribution in [0.25, 0.3) is 0 Å². The number of benzene rings is 3. The van der Waals surface area contributed by atoms with E-state index < -0.39 is 0 Å². The fraction of sp³-hybridized carbons (Fsp3) is 0.333. The summed E-state index contributed by atoms with van der Waals surface area (Å²) in [5.74, 6) is 0.638. The number of hydrogen-bond acceptors (Lipinski definition) is 0. The van der Waals surface area contributed by atoms with Gasteiger partial charge >= 0.3 is 0 Å². The van der Waals surface area contributed by atoms with Crippen molar-refractivity contribution < 1.29 is 0 Å². The van der Waals surface area contributed by atoms with Crippen molar-refractivity contribution >= 4 is 0 Å². The van der Waals surface area contributed by atoms with Gasteiger partial charge in [-0.15, -0.1) is 0 Å². The van der Waals surface area contributed by atoms with Gasteiger partial charge in [0.05, 0.1) is 0 Å². The zero-order valence-electron chi connectivity index (χ0n) is 16.6. The van der Waals surface area contributed by atoms with Gasteiger partial charge in [-0.25, -0.2) is 0 Å². The van der Waals surface area contributed by atoms with Crippen LogP contribution in [0.5, 0.6) is 0 Å². The Hall–Kier alpha value is -2.34. The summed E-state index contributed by atoms with van der Waals surface area (Å²) < 4.78 is 0. The van der Waals surface area contributed by atoms with Crippen LogP contribution in [0, 0.1) is 19.8 Å². The molecule has 3 aromatic carbocycles. The molecular formula is C27H30. The van der Waals surface area contributed by atoms with Gasteiger partial charge in [-0.3, -0.25) is 0 Å². The first-order chi connectivity index (χ1) is 13.2. The molecule has 27 heavy (non-hydrogen) atoms. The van der Waals surface area contributed by atoms with Crippen LogP contribution in [0.1, 0.15) is 59.9 Å². The minimum Gasteiger partial charge on any atom is -0.0622 e. The van der Waals surface area contributed by atoms with E-state index in [1.165, 1.54) is 59.9 Å². The SMILES string of the molecule is Cc1ccc(C(c2ccccc2)(c2ccc(C)cc2)C2CCCCC2)cc1. The van der Waals surface area contributed by atoms with Crippen molar-refractivity contribution in [2.24, 2.45) is 5.92 Å². The van der Waals surface area contributed by atoms with Crippen LogP contribution in [0.4, 0.5) is 0 Å². The third kappa shape index (κ3) is 3.34. The maximum atomic E-state index is 2.37. The molecule has 1 saturated carbocycles. The molecule has 138 valence electrons. The van der Waals surface area contributed by atoms with Crippen LogP contribution in [-0.2, 0) is 5.41 Å². The highest BCUT2D eigenvalue weighted by atomic mass is 14.5. The molecule has 0 spiro atoms. The summed E-state index contributed by atoms with van der Waals surface area (Å²) in [6.07, 6.45) is 6.67. The van der Waals surface area contributed by atoms with Crippen LogP contribution < -0.4 is 0 Å². The molecule has 0 aliphatic heterocycles. The van der Waals surface area contributed by atoms with E-state index in [-0.39, 0.29) is 5.41 Å². The monoisotopic (exact) mass is 354 g/mol. The van der Waals surface area contributed by atoms with Crippen LogP contribution in [0.2, 0.25) is 0 Å². The summed E-state index contributed by atoms with van der Waals surface area (Å²) in [7, 11) is 0. The summed E-state index contributed by atoms with van der Waals surface area (Å²) in [6.45, 7) is 4.36. The van der Waals surface area contributed by atoms with E-state index in [1.807, 2.05) is 0 Å². The highest BCUT2D eigenvalue weighted by Crippen LogP contribution is 2.50. The Morgan fingerprint density at radius 1 is 0.556 bits per heavy atom. The lowest BCUT2D eigenvalue weighted by Crippen LogP contribution is -2.39. The Kier molecular flexibility index (Phi) is 5.16. The maximum Gasteiger partial charge on any atom is 0.0479 e. The van der Waals surface area contributed by atoms with Crippen molar-refractivity contribution in [3.05, 3.63) is 107 Å². The summed E-state index contributed by atoms with van der Waals surface area (Å²) in [4.78, 5) is 0. The molecule has 0 radical (unpaired) electrons. The van der Waals surface area contributed by atoms with E-state index in [1.54, 1.807) is 0 Å². The summed E-state index contributed by atoms with van der Waals surface area (Å²) >= 11 is 0. The molecule has 1 aliphatic carbocycles. The quantitative estimate of drug-likeness (QED) is 0.434. The third-order valence-electron chi connectivity index (χ3n) is 6.46. The van der Waals surface area contributed by atoms with E-state index in [4.69, 9.17) is 0 Å². The summed E-state index contributed by atoms with van der Waals surface area (Å²) in [5.41, 5.74) is 6.90. The zero-order valence-corrected chi connectivity index (χ0v) is 16.6. The van der Waals surface area contributed by atoms with Crippen molar-refractivity contribution in [2.75, 3.05) is 0 Å². The van der Waals surface area contributed by atoms with Crippen LogP contribution in [-0.4, -0.2) is 0 Å². The maximum absolute atomic E-state index is 2.37. The highest BCUT2D eigenvalue weighted by Gasteiger charge is 2.43. The van der Waals surface area contributed by atoms with Crippen molar-refractivity contribution in [3.8, 4) is 0 Å². The van der Waals surface area contributed by atoms with Crippen molar-refractivity contribution in [1.82, 2.24) is 0 Å². The van der Waals surface area contributed by atoms with Gasteiger partial charge in [0.2, 0.25) is 0 Å². The largest absolute Gasteiger partial charge is 0.0622 e. The fourth-order valence-electron chi connectivity index (χ4n) is 5.08. The van der Waals surface area contributed by atoms with Gasteiger partial charge in [0.15, 0.2) is 0 Å². The molecule has 0 atom stereocenters. The van der Waals surface area contributed by atoms with E-state index in [0.717, 1.165) is 0 Å². The molecular weight excluding hydrogens is 324 g/mol. The van der Waals surface area contributed by atoms with Gasteiger partial charge in [-0.1, -0.05) is 109 Å². The Morgan fingerprint density at radius 3 is 1.48 bits per heavy atom. The highest BCUT2D eigenvalue weighted by molar-refractivity contribution is 5.52. The van der Waals surface area contributed by atoms with Gasteiger partial charge in [0.25, 0.3) is 0 Å². The van der Waals surface area contributed by atoms with Gasteiger partial charge in [-0.05, 0) is 49.3 Å². The topological polar surface area (TPSA) is 0 Å². The second kappa shape index (κ2) is 7.72. The summed E-state index contributed by atoms with van der Waals surface area (Å²) in [5, 5.41) is 0. The second-order valence-corrected chi connectivity index (χ2v) is 8.24. The predicted octanol–water partition coefficient (Wildman–Crippen LogP) is 7.22. The van der Waals surface area contributed by atoms with Gasteiger partial charge < -0.3 is 0 Å². The molecule has 0 aromatic heterocycles. The van der Waals surface area contributed by atoms with Gasteiger partial charge in [0, 0.05) is 5.41 Å². The molecule has 0 nitrogen and oxygen atoms in total. The summed E-state index contributed by atoms with van der Waals surface area (Å²) in [6, 6.07) is 29.8. The smallest absolute Gasteiger partial charge is 0.0479 e. The number of aryl methyl sites for hydroxylation is 2. The van der Waals surface area contributed by atoms with E-state index in [9.17, 15) is 0 Å². The van der Waals surface area contributed by atoms with Crippen LogP contribution in [0.3, 0.4) is 0 Å². The number of hydrogen-bond donors (Lipinski definition) is 0. The lowest BCUT2D eigenvalue weighted by molar-refractivity contribution is 0.271. The van der Waals surface area contributed by atoms with Crippen molar-refractivity contribution in [2.45, 2.75) is 51.4 Å². The first kappa shape index (κ1) is 18.0. The molecule has 0 bridgehead atoms. The molecule has 0 amide bonds. The Balaban J connectivity index is 2.01. The molecule has 1 aliphatic rings. The first-order valence-electron chi connectivity index (χ1n) is 10.4. The molecule has 0 N–H and O–H groups in total.